The zero-order valence-electron chi connectivity index (χ0n) is 11.8. The number of rotatable bonds is 5. The van der Waals surface area contributed by atoms with Gasteiger partial charge in [0.05, 0.1) is 5.56 Å². The molecule has 0 bridgehead atoms. The predicted molar refractivity (Wildman–Crippen MR) is 78.0 cm³/mol. The lowest BCUT2D eigenvalue weighted by molar-refractivity contribution is 0.0696. The van der Waals surface area contributed by atoms with Crippen LogP contribution in [0.25, 0.3) is 0 Å². The Labute approximate surface area is 115 Å². The minimum atomic E-state index is -0.836. The number of nitrogens with one attached hydrogen (secondary N) is 1. The number of hydrogen-bond acceptors (Lipinski definition) is 2. The second-order valence-electron chi connectivity index (χ2n) is 5.51. The minimum Gasteiger partial charge on any atom is -0.478 e. The van der Waals surface area contributed by atoms with Crippen LogP contribution in [0.2, 0.25) is 0 Å². The number of carboxylic acid groups (broad SMARTS) is 1. The quantitative estimate of drug-likeness (QED) is 0.846. The number of benzene rings is 1. The summed E-state index contributed by atoms with van der Waals surface area (Å²) in [6.45, 7) is 4.91. The van der Waals surface area contributed by atoms with Crippen molar-refractivity contribution in [3.05, 3.63) is 28.8 Å². The summed E-state index contributed by atoms with van der Waals surface area (Å²) < 4.78 is 0. The van der Waals surface area contributed by atoms with E-state index in [2.05, 4.69) is 18.3 Å². The van der Waals surface area contributed by atoms with Crippen molar-refractivity contribution in [2.45, 2.75) is 46.0 Å². The van der Waals surface area contributed by atoms with Gasteiger partial charge in [0.1, 0.15) is 0 Å². The highest BCUT2D eigenvalue weighted by Crippen LogP contribution is 2.27. The molecule has 19 heavy (non-hydrogen) atoms. The Bertz CT molecular complexity index is 462. The van der Waals surface area contributed by atoms with Crippen LogP contribution < -0.4 is 5.32 Å². The van der Waals surface area contributed by atoms with Crippen LogP contribution in [0.1, 0.15) is 54.1 Å². The zero-order chi connectivity index (χ0) is 13.8. The van der Waals surface area contributed by atoms with Crippen LogP contribution in [0.3, 0.4) is 0 Å². The second kappa shape index (κ2) is 6.09. The lowest BCUT2D eigenvalue weighted by Gasteiger charge is -2.16. The molecule has 1 aromatic carbocycles. The maximum Gasteiger partial charge on any atom is 0.336 e. The molecule has 2 rings (SSSR count). The molecule has 0 aliphatic heterocycles. The standard InChI is InChI=1S/C16H23NO2/c1-3-12-8-14(16(18)19)11(2)15(9-12)17-10-13-6-4-5-7-13/h8-9,13,17H,3-7,10H2,1-2H3,(H,18,19). The second-order valence-corrected chi connectivity index (χ2v) is 5.51. The van der Waals surface area contributed by atoms with E-state index in [9.17, 15) is 9.90 Å². The first-order chi connectivity index (χ1) is 9.11. The average Bonchev–Trinajstić information content (AvgIpc) is 2.90. The third-order valence-electron chi connectivity index (χ3n) is 4.16. The van der Waals surface area contributed by atoms with Crippen molar-refractivity contribution in [2.24, 2.45) is 5.92 Å². The SMILES string of the molecule is CCc1cc(NCC2CCCC2)c(C)c(C(=O)O)c1. The maximum absolute atomic E-state index is 11.3. The maximum atomic E-state index is 11.3. The first kappa shape index (κ1) is 13.9. The fourth-order valence-electron chi connectivity index (χ4n) is 2.85. The van der Waals surface area contributed by atoms with Crippen LogP contribution in [0, 0.1) is 12.8 Å². The molecular formula is C16H23NO2. The Hall–Kier alpha value is -1.51. The van der Waals surface area contributed by atoms with Crippen LogP contribution in [0.4, 0.5) is 5.69 Å². The van der Waals surface area contributed by atoms with E-state index in [1.54, 1.807) is 6.07 Å². The number of aromatic carboxylic acids is 1. The summed E-state index contributed by atoms with van der Waals surface area (Å²) in [6, 6.07) is 3.88. The highest BCUT2D eigenvalue weighted by atomic mass is 16.4. The summed E-state index contributed by atoms with van der Waals surface area (Å²) in [5, 5.41) is 12.7. The summed E-state index contributed by atoms with van der Waals surface area (Å²) in [5.41, 5.74) is 3.34. The van der Waals surface area contributed by atoms with E-state index in [4.69, 9.17) is 0 Å². The molecule has 3 heteroatoms. The van der Waals surface area contributed by atoms with Gasteiger partial charge in [0.15, 0.2) is 0 Å². The number of aryl methyl sites for hydroxylation is 1. The Morgan fingerprint density at radius 3 is 2.63 bits per heavy atom. The summed E-state index contributed by atoms with van der Waals surface area (Å²) in [4.78, 5) is 11.3. The van der Waals surface area contributed by atoms with Gasteiger partial charge in [-0.3, -0.25) is 0 Å². The van der Waals surface area contributed by atoms with Gasteiger partial charge in [-0.05, 0) is 55.4 Å². The van der Waals surface area contributed by atoms with Gasteiger partial charge in [0.25, 0.3) is 0 Å². The van der Waals surface area contributed by atoms with Crippen molar-refractivity contribution in [3.8, 4) is 0 Å². The van der Waals surface area contributed by atoms with E-state index >= 15 is 0 Å². The van der Waals surface area contributed by atoms with Crippen LogP contribution in [0.15, 0.2) is 12.1 Å². The lowest BCUT2D eigenvalue weighted by Crippen LogP contribution is -2.13. The van der Waals surface area contributed by atoms with Crippen molar-refractivity contribution in [3.63, 3.8) is 0 Å². The topological polar surface area (TPSA) is 49.3 Å². The smallest absolute Gasteiger partial charge is 0.336 e. The van der Waals surface area contributed by atoms with Gasteiger partial charge in [0.2, 0.25) is 0 Å². The van der Waals surface area contributed by atoms with Crippen molar-refractivity contribution in [1.29, 1.82) is 0 Å². The van der Waals surface area contributed by atoms with Gasteiger partial charge in [-0.1, -0.05) is 19.8 Å². The molecule has 3 nitrogen and oxygen atoms in total. The summed E-state index contributed by atoms with van der Waals surface area (Å²) in [6.07, 6.45) is 6.12. The number of anilines is 1. The van der Waals surface area contributed by atoms with Gasteiger partial charge in [0, 0.05) is 12.2 Å². The van der Waals surface area contributed by atoms with E-state index in [-0.39, 0.29) is 0 Å². The normalized spacial score (nSPS) is 15.7. The Kier molecular flexibility index (Phi) is 4.46. The predicted octanol–water partition coefficient (Wildman–Crippen LogP) is 3.86. The Balaban J connectivity index is 2.17. The van der Waals surface area contributed by atoms with Crippen LogP contribution in [-0.2, 0) is 6.42 Å². The van der Waals surface area contributed by atoms with Gasteiger partial charge in [-0.25, -0.2) is 4.79 Å². The molecule has 0 radical (unpaired) electrons. The summed E-state index contributed by atoms with van der Waals surface area (Å²) in [5.74, 6) is -0.0883. The van der Waals surface area contributed by atoms with Gasteiger partial charge in [-0.2, -0.15) is 0 Å². The average molecular weight is 261 g/mol. The number of hydrogen-bond donors (Lipinski definition) is 2. The molecule has 0 unspecified atom stereocenters. The molecule has 1 aliphatic carbocycles. The van der Waals surface area contributed by atoms with Crippen LogP contribution >= 0.6 is 0 Å². The molecule has 1 fully saturated rings. The highest BCUT2D eigenvalue weighted by Gasteiger charge is 2.16. The van der Waals surface area contributed by atoms with E-state index in [0.717, 1.165) is 35.7 Å². The minimum absolute atomic E-state index is 0.424. The monoisotopic (exact) mass is 261 g/mol. The van der Waals surface area contributed by atoms with E-state index in [1.165, 1.54) is 25.7 Å². The van der Waals surface area contributed by atoms with Crippen molar-refractivity contribution in [1.82, 2.24) is 0 Å². The van der Waals surface area contributed by atoms with Gasteiger partial charge in [-0.15, -0.1) is 0 Å². The van der Waals surface area contributed by atoms with Crippen molar-refractivity contribution in [2.75, 3.05) is 11.9 Å². The van der Waals surface area contributed by atoms with Crippen molar-refractivity contribution >= 4 is 11.7 Å². The largest absolute Gasteiger partial charge is 0.478 e. The number of carbonyl (C=O) groups is 1. The van der Waals surface area contributed by atoms with Gasteiger partial charge >= 0.3 is 5.97 Å². The number of carboxylic acids is 1. The van der Waals surface area contributed by atoms with E-state index in [0.29, 0.717) is 5.56 Å². The molecule has 1 saturated carbocycles. The van der Waals surface area contributed by atoms with Crippen LogP contribution in [-0.4, -0.2) is 17.6 Å². The first-order valence-corrected chi connectivity index (χ1v) is 7.22. The molecular weight excluding hydrogens is 238 g/mol. The molecule has 1 aromatic rings. The van der Waals surface area contributed by atoms with Gasteiger partial charge < -0.3 is 10.4 Å². The Morgan fingerprint density at radius 2 is 2.05 bits per heavy atom. The molecule has 1 aliphatic rings. The molecule has 104 valence electrons. The fourth-order valence-corrected chi connectivity index (χ4v) is 2.85. The third-order valence-corrected chi connectivity index (χ3v) is 4.16. The molecule has 0 atom stereocenters. The highest BCUT2D eigenvalue weighted by molar-refractivity contribution is 5.91. The molecule has 0 saturated heterocycles. The molecule has 0 amide bonds. The fraction of sp³-hybridized carbons (Fsp3) is 0.562. The third kappa shape index (κ3) is 3.28. The van der Waals surface area contributed by atoms with Crippen LogP contribution in [0.5, 0.6) is 0 Å². The Morgan fingerprint density at radius 1 is 1.37 bits per heavy atom. The summed E-state index contributed by atoms with van der Waals surface area (Å²) >= 11 is 0. The molecule has 2 N–H and O–H groups in total. The lowest BCUT2D eigenvalue weighted by atomic mass is 10.0. The zero-order valence-corrected chi connectivity index (χ0v) is 11.8. The van der Waals surface area contributed by atoms with E-state index in [1.807, 2.05) is 6.92 Å². The molecule has 0 aromatic heterocycles. The summed E-state index contributed by atoms with van der Waals surface area (Å²) in [7, 11) is 0. The first-order valence-electron chi connectivity index (χ1n) is 7.22. The molecule has 0 spiro atoms. The van der Waals surface area contributed by atoms with Crippen molar-refractivity contribution < 1.29 is 9.90 Å². The van der Waals surface area contributed by atoms with E-state index < -0.39 is 5.97 Å². The molecule has 0 heterocycles.